The molecule has 1 atom stereocenters. The number of piperidine rings is 1. The maximum absolute atomic E-state index is 13.0. The maximum Gasteiger partial charge on any atom is 0.270 e. The number of amides is 1. The molecule has 24 heavy (non-hydrogen) atoms. The number of nitrogens with zero attached hydrogens (tertiary/aromatic N) is 3. The lowest BCUT2D eigenvalue weighted by Gasteiger charge is -2.35. The van der Waals surface area contributed by atoms with Crippen LogP contribution in [0, 0.1) is 11.3 Å². The summed E-state index contributed by atoms with van der Waals surface area (Å²) in [5.41, 5.74) is 2.41. The molecule has 1 unspecified atom stereocenters. The zero-order valence-electron chi connectivity index (χ0n) is 14.4. The van der Waals surface area contributed by atoms with E-state index in [9.17, 15) is 10.1 Å². The lowest BCUT2D eigenvalue weighted by Crippen LogP contribution is -2.39. The van der Waals surface area contributed by atoms with Crippen LogP contribution in [0.5, 0.6) is 0 Å². The summed E-state index contributed by atoms with van der Waals surface area (Å²) in [6.07, 6.45) is 8.32. The zero-order chi connectivity index (χ0) is 16.9. The van der Waals surface area contributed by atoms with Crippen molar-refractivity contribution in [2.75, 3.05) is 18.0 Å². The Labute approximate surface area is 144 Å². The third-order valence-corrected chi connectivity index (χ3v) is 5.15. The van der Waals surface area contributed by atoms with Crippen LogP contribution in [0.25, 0.3) is 0 Å². The number of para-hydroxylation sites is 1. The second-order valence-corrected chi connectivity index (χ2v) is 6.64. The van der Waals surface area contributed by atoms with E-state index in [1.165, 1.54) is 12.0 Å². The van der Waals surface area contributed by atoms with Crippen molar-refractivity contribution in [1.29, 1.82) is 5.26 Å². The van der Waals surface area contributed by atoms with Crippen molar-refractivity contribution in [1.82, 2.24) is 4.90 Å². The molecule has 0 saturated carbocycles. The highest BCUT2D eigenvalue weighted by atomic mass is 16.2. The fourth-order valence-corrected chi connectivity index (χ4v) is 3.82. The fourth-order valence-electron chi connectivity index (χ4n) is 3.82. The van der Waals surface area contributed by atoms with Crippen molar-refractivity contribution >= 4 is 11.6 Å². The average Bonchev–Trinajstić information content (AvgIpc) is 2.65. The average molecular weight is 323 g/mol. The first-order chi connectivity index (χ1) is 11.7. The first-order valence-corrected chi connectivity index (χ1v) is 9.02. The molecular weight excluding hydrogens is 298 g/mol. The minimum absolute atomic E-state index is 0.162. The molecule has 0 spiro atoms. The molecule has 3 rings (SSSR count). The lowest BCUT2D eigenvalue weighted by atomic mass is 9.99. The van der Waals surface area contributed by atoms with Gasteiger partial charge in [0.05, 0.1) is 0 Å². The van der Waals surface area contributed by atoms with Gasteiger partial charge in [-0.3, -0.25) is 4.79 Å². The van der Waals surface area contributed by atoms with E-state index < -0.39 is 0 Å². The number of hydrogen-bond donors (Lipinski definition) is 0. The van der Waals surface area contributed by atoms with Gasteiger partial charge in [0.1, 0.15) is 11.6 Å². The number of aryl methyl sites for hydroxylation is 1. The largest absolute Gasteiger partial charge is 0.373 e. The quantitative estimate of drug-likeness (QED) is 0.630. The SMILES string of the molecule is CCC1CCCCN1/C=C(/C#N)C(=O)N1CCCc2ccccc21. The van der Waals surface area contributed by atoms with E-state index >= 15 is 0 Å². The van der Waals surface area contributed by atoms with Crippen molar-refractivity contribution in [3.63, 3.8) is 0 Å². The Morgan fingerprint density at radius 2 is 2.12 bits per heavy atom. The Morgan fingerprint density at radius 3 is 2.92 bits per heavy atom. The van der Waals surface area contributed by atoms with E-state index in [1.54, 1.807) is 4.90 Å². The Balaban J connectivity index is 1.85. The maximum atomic E-state index is 13.0. The molecule has 4 heteroatoms. The molecule has 1 aromatic carbocycles. The summed E-state index contributed by atoms with van der Waals surface area (Å²) in [7, 11) is 0. The molecule has 1 saturated heterocycles. The minimum Gasteiger partial charge on any atom is -0.373 e. The molecule has 2 aliphatic heterocycles. The Hall–Kier alpha value is -2.28. The number of benzene rings is 1. The highest BCUT2D eigenvalue weighted by Gasteiger charge is 2.26. The highest BCUT2D eigenvalue weighted by Crippen LogP contribution is 2.28. The molecule has 0 aliphatic carbocycles. The van der Waals surface area contributed by atoms with Gasteiger partial charge in [-0.2, -0.15) is 5.26 Å². The number of hydrogen-bond acceptors (Lipinski definition) is 3. The monoisotopic (exact) mass is 323 g/mol. The second-order valence-electron chi connectivity index (χ2n) is 6.64. The predicted molar refractivity (Wildman–Crippen MR) is 95.4 cm³/mol. The van der Waals surface area contributed by atoms with Crippen molar-refractivity contribution in [3.05, 3.63) is 41.6 Å². The van der Waals surface area contributed by atoms with Crippen LogP contribution in [0.2, 0.25) is 0 Å². The summed E-state index contributed by atoms with van der Waals surface area (Å²) in [6, 6.07) is 10.6. The first-order valence-electron chi connectivity index (χ1n) is 9.02. The van der Waals surface area contributed by atoms with Gasteiger partial charge in [-0.15, -0.1) is 0 Å². The van der Waals surface area contributed by atoms with Gasteiger partial charge >= 0.3 is 0 Å². The molecule has 0 bridgehead atoms. The van der Waals surface area contributed by atoms with Crippen molar-refractivity contribution in [2.24, 2.45) is 0 Å². The summed E-state index contributed by atoms with van der Waals surface area (Å²) >= 11 is 0. The third-order valence-electron chi connectivity index (χ3n) is 5.15. The van der Waals surface area contributed by atoms with E-state index in [-0.39, 0.29) is 11.5 Å². The third kappa shape index (κ3) is 3.31. The molecule has 4 nitrogen and oxygen atoms in total. The van der Waals surface area contributed by atoms with Gasteiger partial charge in [-0.1, -0.05) is 25.1 Å². The fraction of sp³-hybridized carbons (Fsp3) is 0.500. The van der Waals surface area contributed by atoms with E-state index in [0.29, 0.717) is 12.6 Å². The lowest BCUT2D eigenvalue weighted by molar-refractivity contribution is -0.115. The molecule has 126 valence electrons. The van der Waals surface area contributed by atoms with Crippen molar-refractivity contribution < 1.29 is 4.79 Å². The van der Waals surface area contributed by atoms with E-state index in [1.807, 2.05) is 24.4 Å². The number of nitriles is 1. The Bertz CT molecular complexity index is 674. The van der Waals surface area contributed by atoms with Gasteiger partial charge < -0.3 is 9.80 Å². The van der Waals surface area contributed by atoms with Crippen LogP contribution in [0.4, 0.5) is 5.69 Å². The van der Waals surface area contributed by atoms with Crippen LogP contribution >= 0.6 is 0 Å². The van der Waals surface area contributed by atoms with Gasteiger partial charge in [-0.25, -0.2) is 0 Å². The minimum atomic E-state index is -0.162. The van der Waals surface area contributed by atoms with Gasteiger partial charge in [0.2, 0.25) is 0 Å². The molecule has 0 radical (unpaired) electrons. The number of rotatable bonds is 3. The van der Waals surface area contributed by atoms with Crippen LogP contribution in [-0.4, -0.2) is 29.9 Å². The van der Waals surface area contributed by atoms with Crippen LogP contribution < -0.4 is 4.90 Å². The number of carbonyl (C=O) groups excluding carboxylic acids is 1. The van der Waals surface area contributed by atoms with Gasteiger partial charge in [0.15, 0.2) is 0 Å². The molecular formula is C20H25N3O. The van der Waals surface area contributed by atoms with E-state index in [4.69, 9.17) is 0 Å². The first kappa shape index (κ1) is 16.6. The number of anilines is 1. The summed E-state index contributed by atoms with van der Waals surface area (Å²) < 4.78 is 0. The van der Waals surface area contributed by atoms with Gasteiger partial charge in [0.25, 0.3) is 5.91 Å². The van der Waals surface area contributed by atoms with Crippen LogP contribution in [0.3, 0.4) is 0 Å². The molecule has 1 aromatic rings. The smallest absolute Gasteiger partial charge is 0.270 e. The normalized spacial score (nSPS) is 21.2. The van der Waals surface area contributed by atoms with Gasteiger partial charge in [-0.05, 0) is 50.2 Å². The number of likely N-dealkylation sites (tertiary alicyclic amines) is 1. The molecule has 2 heterocycles. The number of carbonyl (C=O) groups is 1. The second kappa shape index (κ2) is 7.53. The summed E-state index contributed by atoms with van der Waals surface area (Å²) in [4.78, 5) is 16.9. The highest BCUT2D eigenvalue weighted by molar-refractivity contribution is 6.08. The van der Waals surface area contributed by atoms with Crippen LogP contribution in [0.1, 0.15) is 44.6 Å². The number of fused-ring (bicyclic) bond motifs is 1. The van der Waals surface area contributed by atoms with Crippen LogP contribution in [0.15, 0.2) is 36.0 Å². The standard InChI is InChI=1S/C20H25N3O/c1-2-18-10-5-6-12-22(18)15-17(14-21)20(24)23-13-7-9-16-8-3-4-11-19(16)23/h3-4,8,11,15,18H,2,5-7,9-10,12-13H2,1H3/b17-15-. The van der Waals surface area contributed by atoms with Crippen molar-refractivity contribution in [2.45, 2.75) is 51.5 Å². The summed E-state index contributed by atoms with van der Waals surface area (Å²) in [5, 5.41) is 9.57. The Kier molecular flexibility index (Phi) is 5.20. The van der Waals surface area contributed by atoms with Gasteiger partial charge in [0, 0.05) is 31.0 Å². The molecule has 2 aliphatic rings. The molecule has 1 amide bonds. The van der Waals surface area contributed by atoms with E-state index in [2.05, 4.69) is 24.0 Å². The van der Waals surface area contributed by atoms with Crippen molar-refractivity contribution in [3.8, 4) is 6.07 Å². The van der Waals surface area contributed by atoms with E-state index in [0.717, 1.165) is 44.3 Å². The molecule has 1 fully saturated rings. The Morgan fingerprint density at radius 1 is 1.29 bits per heavy atom. The molecule has 0 N–H and O–H groups in total. The predicted octanol–water partition coefficient (Wildman–Crippen LogP) is 3.64. The topological polar surface area (TPSA) is 47.3 Å². The molecule has 0 aromatic heterocycles. The zero-order valence-corrected chi connectivity index (χ0v) is 14.4. The summed E-state index contributed by atoms with van der Waals surface area (Å²) in [5.74, 6) is -0.162. The van der Waals surface area contributed by atoms with Crippen LogP contribution in [-0.2, 0) is 11.2 Å². The summed E-state index contributed by atoms with van der Waals surface area (Å²) in [6.45, 7) is 3.80.